The number of aromatic nitrogens is 1. The number of carboxylic acids is 1. The van der Waals surface area contributed by atoms with Crippen molar-refractivity contribution in [3.8, 4) is 0 Å². The van der Waals surface area contributed by atoms with E-state index in [0.29, 0.717) is 18.4 Å². The first-order valence-electron chi connectivity index (χ1n) is 7.37. The number of carboxylic acid groups (broad SMARTS) is 1. The lowest BCUT2D eigenvalue weighted by molar-refractivity contribution is -0.137. The summed E-state index contributed by atoms with van der Waals surface area (Å²) in [6.45, 7) is 8.52. The second-order valence-electron chi connectivity index (χ2n) is 5.79. The number of carbonyl (C=O) groups is 1. The highest BCUT2D eigenvalue weighted by molar-refractivity contribution is 7.11. The van der Waals surface area contributed by atoms with E-state index in [1.807, 2.05) is 0 Å². The van der Waals surface area contributed by atoms with E-state index < -0.39 is 5.97 Å². The van der Waals surface area contributed by atoms with E-state index in [-0.39, 0.29) is 0 Å². The van der Waals surface area contributed by atoms with Crippen molar-refractivity contribution < 1.29 is 9.90 Å². The molecule has 0 saturated carbocycles. The number of aryl methyl sites for hydroxylation is 2. The summed E-state index contributed by atoms with van der Waals surface area (Å²) in [5, 5.41) is 9.94. The Morgan fingerprint density at radius 2 is 2.30 bits per heavy atom. The minimum absolute atomic E-state index is 0.297. The quantitative estimate of drug-likeness (QED) is 0.905. The predicted molar refractivity (Wildman–Crippen MR) is 81.2 cm³/mol. The van der Waals surface area contributed by atoms with Gasteiger partial charge in [-0.25, -0.2) is 4.98 Å². The monoisotopic (exact) mass is 296 g/mol. The van der Waals surface area contributed by atoms with E-state index in [4.69, 9.17) is 5.11 Å². The number of likely N-dealkylation sites (tertiary alicyclic amines) is 1. The molecule has 2 atom stereocenters. The van der Waals surface area contributed by atoms with Gasteiger partial charge in [-0.3, -0.25) is 9.69 Å². The molecule has 0 aliphatic carbocycles. The van der Waals surface area contributed by atoms with Gasteiger partial charge < -0.3 is 5.11 Å². The third-order valence-electron chi connectivity index (χ3n) is 4.18. The van der Waals surface area contributed by atoms with Gasteiger partial charge in [0.25, 0.3) is 0 Å². The van der Waals surface area contributed by atoms with Crippen LogP contribution in [0.15, 0.2) is 0 Å². The van der Waals surface area contributed by atoms with Crippen molar-refractivity contribution >= 4 is 17.3 Å². The van der Waals surface area contributed by atoms with Crippen molar-refractivity contribution in [1.29, 1.82) is 0 Å². The van der Waals surface area contributed by atoms with Gasteiger partial charge in [-0.2, -0.15) is 0 Å². The second kappa shape index (κ2) is 6.68. The van der Waals surface area contributed by atoms with Crippen molar-refractivity contribution in [3.05, 3.63) is 15.6 Å². The largest absolute Gasteiger partial charge is 0.481 e. The molecule has 1 aliphatic rings. The normalized spacial score (nSPS) is 21.9. The summed E-state index contributed by atoms with van der Waals surface area (Å²) >= 11 is 1.79. The van der Waals surface area contributed by atoms with E-state index >= 15 is 0 Å². The summed E-state index contributed by atoms with van der Waals surface area (Å²) in [4.78, 5) is 19.1. The van der Waals surface area contributed by atoms with Crippen LogP contribution in [0.1, 0.15) is 54.2 Å². The molecular weight excluding hydrogens is 272 g/mol. The number of hydrogen-bond acceptors (Lipinski definition) is 4. The van der Waals surface area contributed by atoms with Crippen molar-refractivity contribution in [1.82, 2.24) is 9.88 Å². The molecule has 2 heterocycles. The molecular formula is C15H24N2O2S. The Morgan fingerprint density at radius 1 is 1.55 bits per heavy atom. The van der Waals surface area contributed by atoms with Gasteiger partial charge in [0.15, 0.2) is 0 Å². The molecule has 112 valence electrons. The first kappa shape index (κ1) is 15.4. The molecule has 0 bridgehead atoms. The summed E-state index contributed by atoms with van der Waals surface area (Å²) in [5.74, 6) is -0.152. The Hall–Kier alpha value is -0.940. The van der Waals surface area contributed by atoms with Gasteiger partial charge in [0, 0.05) is 23.9 Å². The van der Waals surface area contributed by atoms with Gasteiger partial charge >= 0.3 is 5.97 Å². The van der Waals surface area contributed by atoms with Crippen LogP contribution >= 0.6 is 11.3 Å². The molecule has 0 spiro atoms. The molecule has 2 unspecified atom stereocenters. The van der Waals surface area contributed by atoms with E-state index in [0.717, 1.165) is 36.6 Å². The SMILES string of the molecule is Cc1nc(C)c(C(C)N2CCCC(CCC(=O)O)C2)s1. The lowest BCUT2D eigenvalue weighted by Crippen LogP contribution is -2.37. The van der Waals surface area contributed by atoms with Crippen molar-refractivity contribution in [2.45, 2.75) is 52.5 Å². The van der Waals surface area contributed by atoms with Gasteiger partial charge in [0.1, 0.15) is 0 Å². The standard InChI is InChI=1S/C15H24N2O2S/c1-10-15(20-12(3)16-10)11(2)17-8-4-5-13(9-17)6-7-14(18)19/h11,13H,4-9H2,1-3H3,(H,18,19). The molecule has 5 heteroatoms. The zero-order valence-corrected chi connectivity index (χ0v) is 13.4. The molecule has 0 radical (unpaired) electrons. The fraction of sp³-hybridized carbons (Fsp3) is 0.733. The number of aliphatic carboxylic acids is 1. The topological polar surface area (TPSA) is 53.4 Å². The van der Waals surface area contributed by atoms with Gasteiger partial charge in [-0.15, -0.1) is 11.3 Å². The highest BCUT2D eigenvalue weighted by Crippen LogP contribution is 2.32. The van der Waals surface area contributed by atoms with Gasteiger partial charge in [-0.1, -0.05) is 0 Å². The number of hydrogen-bond donors (Lipinski definition) is 1. The zero-order chi connectivity index (χ0) is 14.7. The lowest BCUT2D eigenvalue weighted by Gasteiger charge is -2.36. The van der Waals surface area contributed by atoms with Crippen LogP contribution in [-0.4, -0.2) is 34.0 Å². The van der Waals surface area contributed by atoms with Crippen LogP contribution in [0.5, 0.6) is 0 Å². The van der Waals surface area contributed by atoms with Gasteiger partial charge in [0.05, 0.1) is 10.7 Å². The number of rotatable bonds is 5. The van der Waals surface area contributed by atoms with Crippen LogP contribution in [0.3, 0.4) is 0 Å². The predicted octanol–water partition coefficient (Wildman–Crippen LogP) is 3.40. The Labute approximate surface area is 124 Å². The summed E-state index contributed by atoms with van der Waals surface area (Å²) < 4.78 is 0. The Bertz CT molecular complexity index is 472. The molecule has 1 saturated heterocycles. The minimum atomic E-state index is -0.677. The van der Waals surface area contributed by atoms with Crippen LogP contribution in [0.2, 0.25) is 0 Å². The summed E-state index contributed by atoms with van der Waals surface area (Å²) in [5.41, 5.74) is 1.15. The highest BCUT2D eigenvalue weighted by atomic mass is 32.1. The Morgan fingerprint density at radius 3 is 2.90 bits per heavy atom. The molecule has 1 aliphatic heterocycles. The summed E-state index contributed by atoms with van der Waals surface area (Å²) in [6, 6.07) is 0.397. The van der Waals surface area contributed by atoms with Crippen LogP contribution in [0.4, 0.5) is 0 Å². The Kier molecular flexibility index (Phi) is 5.16. The Balaban J connectivity index is 1.97. The fourth-order valence-electron chi connectivity index (χ4n) is 3.11. The average Bonchev–Trinajstić information content (AvgIpc) is 2.75. The molecule has 1 aromatic heterocycles. The maximum Gasteiger partial charge on any atom is 0.303 e. The van der Waals surface area contributed by atoms with E-state index in [1.165, 1.54) is 11.3 Å². The molecule has 1 N–H and O–H groups in total. The first-order chi connectivity index (χ1) is 9.47. The number of nitrogens with zero attached hydrogens (tertiary/aromatic N) is 2. The number of thiazole rings is 1. The maximum atomic E-state index is 10.7. The van der Waals surface area contributed by atoms with E-state index in [2.05, 4.69) is 30.7 Å². The maximum absolute atomic E-state index is 10.7. The van der Waals surface area contributed by atoms with Crippen LogP contribution < -0.4 is 0 Å². The average molecular weight is 296 g/mol. The van der Waals surface area contributed by atoms with Crippen LogP contribution in [0, 0.1) is 19.8 Å². The lowest BCUT2D eigenvalue weighted by atomic mass is 9.92. The van der Waals surface area contributed by atoms with Gasteiger partial charge in [-0.05, 0) is 52.5 Å². The second-order valence-corrected chi connectivity index (χ2v) is 7.03. The van der Waals surface area contributed by atoms with Gasteiger partial charge in [0.2, 0.25) is 0 Å². The zero-order valence-electron chi connectivity index (χ0n) is 12.6. The third-order valence-corrected chi connectivity index (χ3v) is 5.43. The van der Waals surface area contributed by atoms with E-state index in [1.54, 1.807) is 11.3 Å². The van der Waals surface area contributed by atoms with Crippen LogP contribution in [-0.2, 0) is 4.79 Å². The molecule has 4 nitrogen and oxygen atoms in total. The van der Waals surface area contributed by atoms with E-state index in [9.17, 15) is 4.79 Å². The summed E-state index contributed by atoms with van der Waals surface area (Å²) in [7, 11) is 0. The molecule has 0 aromatic carbocycles. The molecule has 1 fully saturated rings. The minimum Gasteiger partial charge on any atom is -0.481 e. The smallest absolute Gasteiger partial charge is 0.303 e. The molecule has 0 amide bonds. The molecule has 20 heavy (non-hydrogen) atoms. The molecule has 2 rings (SSSR count). The van der Waals surface area contributed by atoms with Crippen molar-refractivity contribution in [2.24, 2.45) is 5.92 Å². The van der Waals surface area contributed by atoms with Crippen molar-refractivity contribution in [2.75, 3.05) is 13.1 Å². The first-order valence-corrected chi connectivity index (χ1v) is 8.18. The fourth-order valence-corrected chi connectivity index (χ4v) is 4.13. The van der Waals surface area contributed by atoms with Crippen molar-refractivity contribution in [3.63, 3.8) is 0 Å². The summed E-state index contributed by atoms with van der Waals surface area (Å²) in [6.07, 6.45) is 3.44. The third kappa shape index (κ3) is 3.79. The van der Waals surface area contributed by atoms with Crippen LogP contribution in [0.25, 0.3) is 0 Å². The molecule has 1 aromatic rings. The highest BCUT2D eigenvalue weighted by Gasteiger charge is 2.26. The number of piperidine rings is 1.